The molecule has 0 aromatic heterocycles. The Bertz CT molecular complexity index is 940. The highest BCUT2D eigenvalue weighted by Crippen LogP contribution is 2.42. The molecular formula is C22H22F2N2O2. The van der Waals surface area contributed by atoms with Crippen molar-refractivity contribution in [3.63, 3.8) is 0 Å². The summed E-state index contributed by atoms with van der Waals surface area (Å²) in [5.74, 6) is -2.42. The Hall–Kier alpha value is -3.02. The van der Waals surface area contributed by atoms with Gasteiger partial charge in [-0.05, 0) is 62.2 Å². The van der Waals surface area contributed by atoms with Gasteiger partial charge in [-0.1, -0.05) is 18.7 Å². The maximum Gasteiger partial charge on any atom is 0.254 e. The zero-order valence-electron chi connectivity index (χ0n) is 15.8. The molecule has 1 aliphatic heterocycles. The number of likely N-dealkylation sites (tertiary alicyclic amines) is 1. The van der Waals surface area contributed by atoms with E-state index in [1.807, 2.05) is 13.8 Å². The van der Waals surface area contributed by atoms with Crippen molar-refractivity contribution in [1.82, 2.24) is 4.90 Å². The summed E-state index contributed by atoms with van der Waals surface area (Å²) in [6.45, 7) is 7.75. The molecule has 0 radical (unpaired) electrons. The summed E-state index contributed by atoms with van der Waals surface area (Å²) >= 11 is 0. The van der Waals surface area contributed by atoms with Crippen LogP contribution in [0.15, 0.2) is 55.1 Å². The molecule has 0 aliphatic carbocycles. The number of carbonyl (C=O) groups excluding carboxylic acids is 2. The van der Waals surface area contributed by atoms with Crippen LogP contribution in [-0.4, -0.2) is 28.8 Å². The number of hydrogen-bond donors (Lipinski definition) is 1. The second-order valence-corrected chi connectivity index (χ2v) is 7.40. The van der Waals surface area contributed by atoms with Crippen molar-refractivity contribution < 1.29 is 18.4 Å². The van der Waals surface area contributed by atoms with Gasteiger partial charge >= 0.3 is 0 Å². The van der Waals surface area contributed by atoms with E-state index in [4.69, 9.17) is 0 Å². The van der Waals surface area contributed by atoms with Gasteiger partial charge in [0.05, 0.1) is 0 Å². The van der Waals surface area contributed by atoms with Gasteiger partial charge in [0, 0.05) is 29.3 Å². The Kier molecular flexibility index (Phi) is 5.31. The molecule has 1 saturated heterocycles. The number of nitrogens with one attached hydrogen (secondary N) is 1. The van der Waals surface area contributed by atoms with Crippen LogP contribution in [-0.2, 0) is 4.79 Å². The minimum atomic E-state index is -0.885. The molecular weight excluding hydrogens is 362 g/mol. The molecule has 6 heteroatoms. The third kappa shape index (κ3) is 3.67. The number of rotatable bonds is 4. The van der Waals surface area contributed by atoms with Crippen LogP contribution < -0.4 is 5.32 Å². The van der Waals surface area contributed by atoms with E-state index in [1.165, 1.54) is 6.07 Å². The molecule has 1 atom stereocenters. The van der Waals surface area contributed by atoms with E-state index in [-0.39, 0.29) is 17.7 Å². The van der Waals surface area contributed by atoms with Crippen LogP contribution in [0.3, 0.4) is 0 Å². The van der Waals surface area contributed by atoms with Gasteiger partial charge in [0.1, 0.15) is 0 Å². The molecule has 1 aliphatic rings. The molecule has 2 aromatic rings. The van der Waals surface area contributed by atoms with Crippen LogP contribution in [0.5, 0.6) is 0 Å². The van der Waals surface area contributed by atoms with Gasteiger partial charge in [-0.25, -0.2) is 8.78 Å². The largest absolute Gasteiger partial charge is 0.333 e. The molecule has 28 heavy (non-hydrogen) atoms. The highest BCUT2D eigenvalue weighted by atomic mass is 19.2. The summed E-state index contributed by atoms with van der Waals surface area (Å²) in [6, 6.07) is 10.6. The second-order valence-electron chi connectivity index (χ2n) is 7.40. The number of carbonyl (C=O) groups is 2. The van der Waals surface area contributed by atoms with Crippen molar-refractivity contribution in [3.8, 4) is 0 Å². The second kappa shape index (κ2) is 7.54. The smallest absolute Gasteiger partial charge is 0.254 e. The van der Waals surface area contributed by atoms with Crippen LogP contribution in [0, 0.1) is 11.6 Å². The molecule has 1 heterocycles. The molecule has 0 spiro atoms. The third-order valence-electron chi connectivity index (χ3n) is 5.34. The van der Waals surface area contributed by atoms with Crippen molar-refractivity contribution in [2.24, 2.45) is 0 Å². The van der Waals surface area contributed by atoms with Gasteiger partial charge in [0.25, 0.3) is 5.91 Å². The van der Waals surface area contributed by atoms with Crippen LogP contribution >= 0.6 is 0 Å². The van der Waals surface area contributed by atoms with Gasteiger partial charge < -0.3 is 10.2 Å². The number of anilines is 1. The molecule has 0 saturated carbocycles. The van der Waals surface area contributed by atoms with Crippen molar-refractivity contribution >= 4 is 17.5 Å². The minimum absolute atomic E-state index is 0.116. The predicted octanol–water partition coefficient (Wildman–Crippen LogP) is 4.50. The molecule has 1 N–H and O–H groups in total. The van der Waals surface area contributed by atoms with Gasteiger partial charge in [0.2, 0.25) is 5.91 Å². The van der Waals surface area contributed by atoms with Crippen molar-refractivity contribution in [1.29, 1.82) is 0 Å². The quantitative estimate of drug-likeness (QED) is 0.789. The highest BCUT2D eigenvalue weighted by molar-refractivity contribution is 6.01. The van der Waals surface area contributed by atoms with Crippen LogP contribution in [0.1, 0.15) is 42.1 Å². The number of halogens is 2. The summed E-state index contributed by atoms with van der Waals surface area (Å²) in [6.07, 6.45) is 1.81. The lowest BCUT2D eigenvalue weighted by Gasteiger charge is -2.36. The number of nitrogens with zero attached hydrogens (tertiary/aromatic N) is 1. The zero-order chi connectivity index (χ0) is 20.5. The van der Waals surface area contributed by atoms with Gasteiger partial charge in [-0.3, -0.25) is 9.59 Å². The van der Waals surface area contributed by atoms with Gasteiger partial charge in [0.15, 0.2) is 11.6 Å². The summed E-state index contributed by atoms with van der Waals surface area (Å²) in [5.41, 5.74) is 1.04. The Balaban J connectivity index is 1.85. The van der Waals surface area contributed by atoms with Crippen molar-refractivity contribution in [2.75, 3.05) is 11.9 Å². The fourth-order valence-corrected chi connectivity index (χ4v) is 3.83. The number of benzene rings is 2. The Labute approximate surface area is 162 Å². The predicted molar refractivity (Wildman–Crippen MR) is 104 cm³/mol. The minimum Gasteiger partial charge on any atom is -0.333 e. The standard InChI is InChI=1S/C22H22F2N2O2/c1-4-20(27)25-16-7-5-6-15(12-16)21(28)26-11-10-17(22(26,2)3)14-8-9-18(23)19(24)13-14/h4-9,12-13,17H,1,10-11H2,2-3H3,(H,25,27). The lowest BCUT2D eigenvalue weighted by Crippen LogP contribution is -2.45. The van der Waals surface area contributed by atoms with E-state index in [0.717, 1.165) is 12.1 Å². The molecule has 3 rings (SSSR count). The lowest BCUT2D eigenvalue weighted by molar-refractivity contribution is -0.111. The Morgan fingerprint density at radius 1 is 1.18 bits per heavy atom. The summed E-state index contributed by atoms with van der Waals surface area (Å²) in [4.78, 5) is 26.4. The van der Waals surface area contributed by atoms with E-state index in [1.54, 1.807) is 35.2 Å². The summed E-state index contributed by atoms with van der Waals surface area (Å²) in [7, 11) is 0. The number of hydrogen-bond acceptors (Lipinski definition) is 2. The fraction of sp³-hybridized carbons (Fsp3) is 0.273. The molecule has 1 fully saturated rings. The average molecular weight is 384 g/mol. The molecule has 2 amide bonds. The van der Waals surface area contributed by atoms with E-state index in [0.29, 0.717) is 29.8 Å². The molecule has 146 valence electrons. The monoisotopic (exact) mass is 384 g/mol. The van der Waals surface area contributed by atoms with E-state index in [9.17, 15) is 18.4 Å². The average Bonchev–Trinajstić information content (AvgIpc) is 2.98. The molecule has 0 bridgehead atoms. The zero-order valence-corrected chi connectivity index (χ0v) is 15.8. The third-order valence-corrected chi connectivity index (χ3v) is 5.34. The maximum absolute atomic E-state index is 13.7. The normalized spacial score (nSPS) is 18.0. The highest BCUT2D eigenvalue weighted by Gasteiger charge is 2.44. The van der Waals surface area contributed by atoms with E-state index >= 15 is 0 Å². The SMILES string of the molecule is C=CC(=O)Nc1cccc(C(=O)N2CCC(c3ccc(F)c(F)c3)C2(C)C)c1. The van der Waals surface area contributed by atoms with Gasteiger partial charge in [-0.2, -0.15) is 0 Å². The Morgan fingerprint density at radius 2 is 1.93 bits per heavy atom. The van der Waals surface area contributed by atoms with Crippen molar-refractivity contribution in [2.45, 2.75) is 31.7 Å². The first-order chi connectivity index (χ1) is 13.2. The van der Waals surface area contributed by atoms with Gasteiger partial charge in [-0.15, -0.1) is 0 Å². The summed E-state index contributed by atoms with van der Waals surface area (Å²) in [5, 5.41) is 2.64. The first-order valence-corrected chi connectivity index (χ1v) is 9.04. The molecule has 4 nitrogen and oxygen atoms in total. The van der Waals surface area contributed by atoms with Crippen LogP contribution in [0.2, 0.25) is 0 Å². The molecule has 1 unspecified atom stereocenters. The Morgan fingerprint density at radius 3 is 2.61 bits per heavy atom. The number of amides is 2. The molecule has 2 aromatic carbocycles. The lowest BCUT2D eigenvalue weighted by atomic mass is 9.82. The van der Waals surface area contributed by atoms with Crippen LogP contribution in [0.25, 0.3) is 0 Å². The topological polar surface area (TPSA) is 49.4 Å². The van der Waals surface area contributed by atoms with E-state index < -0.39 is 17.2 Å². The summed E-state index contributed by atoms with van der Waals surface area (Å²) < 4.78 is 27.0. The van der Waals surface area contributed by atoms with Crippen LogP contribution in [0.4, 0.5) is 14.5 Å². The first kappa shape index (κ1) is 19.7. The fourth-order valence-electron chi connectivity index (χ4n) is 3.83. The van der Waals surface area contributed by atoms with Crippen molar-refractivity contribution in [3.05, 3.63) is 77.9 Å². The maximum atomic E-state index is 13.7. The first-order valence-electron chi connectivity index (χ1n) is 9.04. The van der Waals surface area contributed by atoms with E-state index in [2.05, 4.69) is 11.9 Å².